The average molecular weight is 458 g/mol. The van der Waals surface area contributed by atoms with Crippen LogP contribution >= 0.6 is 11.3 Å². The van der Waals surface area contributed by atoms with Crippen LogP contribution in [0.3, 0.4) is 0 Å². The van der Waals surface area contributed by atoms with E-state index >= 15 is 0 Å². The summed E-state index contributed by atoms with van der Waals surface area (Å²) in [5.41, 5.74) is 0.0808. The standard InChI is InChI=1S/C22H27N5O4S/c1-5-11-26-20(29)18-19(24-21(32-18)25(6-2)7-3)27(22(26)30)14-17(28)23-13-15-9-8-10-16(12-15)31-4/h5,8-10,12H,1,6-7,11,13-14H2,2-4H3,(H,23,28). The monoisotopic (exact) mass is 457 g/mol. The van der Waals surface area contributed by atoms with Crippen LogP contribution < -0.4 is 26.2 Å². The molecule has 0 aliphatic rings. The molecule has 0 aliphatic carbocycles. The molecule has 0 fully saturated rings. The number of fused-ring (bicyclic) bond motifs is 1. The minimum atomic E-state index is -0.588. The summed E-state index contributed by atoms with van der Waals surface area (Å²) in [7, 11) is 1.58. The molecular formula is C22H27N5O4S. The number of anilines is 1. The molecule has 2 heterocycles. The minimum absolute atomic E-state index is 0.0531. The van der Waals surface area contributed by atoms with Crippen molar-refractivity contribution in [1.29, 1.82) is 0 Å². The molecule has 2 aromatic heterocycles. The normalized spacial score (nSPS) is 10.8. The second-order valence-corrected chi connectivity index (χ2v) is 8.00. The number of benzene rings is 1. The molecule has 0 spiro atoms. The number of ether oxygens (including phenoxy) is 1. The van der Waals surface area contributed by atoms with Gasteiger partial charge in [0.25, 0.3) is 5.56 Å². The molecule has 0 aliphatic heterocycles. The van der Waals surface area contributed by atoms with E-state index in [-0.39, 0.29) is 31.2 Å². The molecule has 3 aromatic rings. The fourth-order valence-electron chi connectivity index (χ4n) is 3.31. The van der Waals surface area contributed by atoms with E-state index in [0.717, 1.165) is 10.1 Å². The maximum Gasteiger partial charge on any atom is 0.333 e. The molecule has 9 nitrogen and oxygen atoms in total. The first kappa shape index (κ1) is 23.3. The van der Waals surface area contributed by atoms with Crippen LogP contribution in [-0.2, 0) is 24.4 Å². The molecule has 1 aromatic carbocycles. The molecule has 10 heteroatoms. The van der Waals surface area contributed by atoms with Crippen LogP contribution in [0.15, 0.2) is 46.5 Å². The SMILES string of the molecule is C=CCn1c(=O)c2sc(N(CC)CC)nc2n(CC(=O)NCc2cccc(OC)c2)c1=O. The van der Waals surface area contributed by atoms with E-state index in [9.17, 15) is 14.4 Å². The van der Waals surface area contributed by atoms with Gasteiger partial charge in [-0.15, -0.1) is 6.58 Å². The number of carbonyl (C=O) groups excluding carboxylic acids is 1. The number of carbonyl (C=O) groups is 1. The summed E-state index contributed by atoms with van der Waals surface area (Å²) in [5, 5.41) is 3.45. The molecule has 3 rings (SSSR count). The molecule has 32 heavy (non-hydrogen) atoms. The number of thiazole rings is 1. The van der Waals surface area contributed by atoms with Gasteiger partial charge in [0.15, 0.2) is 10.8 Å². The molecule has 170 valence electrons. The zero-order valence-electron chi connectivity index (χ0n) is 18.5. The number of nitrogens with one attached hydrogen (secondary N) is 1. The van der Waals surface area contributed by atoms with Crippen molar-refractivity contribution in [2.24, 2.45) is 0 Å². The molecular weight excluding hydrogens is 430 g/mol. The largest absolute Gasteiger partial charge is 0.497 e. The maximum absolute atomic E-state index is 13.0. The van der Waals surface area contributed by atoms with E-state index < -0.39 is 11.2 Å². The Labute approximate surface area is 189 Å². The van der Waals surface area contributed by atoms with E-state index in [2.05, 4.69) is 16.9 Å². The summed E-state index contributed by atoms with van der Waals surface area (Å²) in [6.07, 6.45) is 1.48. The summed E-state index contributed by atoms with van der Waals surface area (Å²) < 4.78 is 7.87. The Morgan fingerprint density at radius 2 is 2.03 bits per heavy atom. The second-order valence-electron chi connectivity index (χ2n) is 7.02. The topological polar surface area (TPSA) is 98.5 Å². The number of hydrogen-bond donors (Lipinski definition) is 1. The third-order valence-corrected chi connectivity index (χ3v) is 6.12. The number of nitrogens with zero attached hydrogens (tertiary/aromatic N) is 4. The highest BCUT2D eigenvalue weighted by Gasteiger charge is 2.20. The lowest BCUT2D eigenvalue weighted by Gasteiger charge is -2.16. The lowest BCUT2D eigenvalue weighted by molar-refractivity contribution is -0.121. The van der Waals surface area contributed by atoms with Crippen molar-refractivity contribution in [1.82, 2.24) is 19.4 Å². The van der Waals surface area contributed by atoms with Crippen molar-refractivity contribution in [3.05, 3.63) is 63.3 Å². The number of rotatable bonds is 10. The van der Waals surface area contributed by atoms with Gasteiger partial charge < -0.3 is 15.0 Å². The van der Waals surface area contributed by atoms with E-state index in [0.29, 0.717) is 28.7 Å². The van der Waals surface area contributed by atoms with E-state index in [1.54, 1.807) is 7.11 Å². The Balaban J connectivity index is 1.96. The Hall–Kier alpha value is -3.40. The fraction of sp³-hybridized carbons (Fsp3) is 0.364. The number of methoxy groups -OCH3 is 1. The van der Waals surface area contributed by atoms with E-state index in [1.807, 2.05) is 43.0 Å². The number of allylic oxidation sites excluding steroid dienone is 1. The number of hydrogen-bond acceptors (Lipinski definition) is 7. The first-order chi connectivity index (χ1) is 15.4. The quantitative estimate of drug-likeness (QED) is 0.468. The van der Waals surface area contributed by atoms with Gasteiger partial charge in [-0.2, -0.15) is 0 Å². The maximum atomic E-state index is 13.0. The third-order valence-electron chi connectivity index (χ3n) is 5.03. The molecule has 0 saturated carbocycles. The second kappa shape index (κ2) is 10.3. The Morgan fingerprint density at radius 1 is 1.28 bits per heavy atom. The van der Waals surface area contributed by atoms with Crippen LogP contribution in [0.1, 0.15) is 19.4 Å². The molecule has 0 atom stereocenters. The van der Waals surface area contributed by atoms with Gasteiger partial charge in [0, 0.05) is 26.2 Å². The zero-order valence-corrected chi connectivity index (χ0v) is 19.3. The molecule has 1 N–H and O–H groups in total. The summed E-state index contributed by atoms with van der Waals surface area (Å²) in [4.78, 5) is 45.2. The lowest BCUT2D eigenvalue weighted by atomic mass is 10.2. The van der Waals surface area contributed by atoms with Crippen LogP contribution in [0.25, 0.3) is 10.3 Å². The van der Waals surface area contributed by atoms with Crippen molar-refractivity contribution in [3.8, 4) is 5.75 Å². The first-order valence-corrected chi connectivity index (χ1v) is 11.1. The van der Waals surface area contributed by atoms with Crippen LogP contribution in [0.4, 0.5) is 5.13 Å². The first-order valence-electron chi connectivity index (χ1n) is 10.3. The predicted octanol–water partition coefficient (Wildman–Crippen LogP) is 1.98. The van der Waals surface area contributed by atoms with Crippen molar-refractivity contribution >= 4 is 32.7 Å². The van der Waals surface area contributed by atoms with Gasteiger partial charge in [-0.3, -0.25) is 18.7 Å². The van der Waals surface area contributed by atoms with Crippen LogP contribution in [0.2, 0.25) is 0 Å². The average Bonchev–Trinajstić information content (AvgIpc) is 3.24. The summed E-state index contributed by atoms with van der Waals surface area (Å²) in [6.45, 7) is 9.11. The van der Waals surface area contributed by atoms with Gasteiger partial charge in [0.05, 0.1) is 7.11 Å². The highest BCUT2D eigenvalue weighted by atomic mass is 32.1. The molecule has 0 bridgehead atoms. The third kappa shape index (κ3) is 4.75. The summed E-state index contributed by atoms with van der Waals surface area (Å²) >= 11 is 1.23. The minimum Gasteiger partial charge on any atom is -0.497 e. The highest BCUT2D eigenvalue weighted by Crippen LogP contribution is 2.25. The van der Waals surface area contributed by atoms with Crippen LogP contribution in [0, 0.1) is 0 Å². The predicted molar refractivity (Wildman–Crippen MR) is 127 cm³/mol. The van der Waals surface area contributed by atoms with Gasteiger partial charge in [-0.05, 0) is 31.5 Å². The number of amides is 1. The fourth-order valence-corrected chi connectivity index (χ4v) is 4.46. The van der Waals surface area contributed by atoms with Gasteiger partial charge in [-0.1, -0.05) is 29.5 Å². The van der Waals surface area contributed by atoms with Crippen LogP contribution in [0.5, 0.6) is 5.75 Å². The van der Waals surface area contributed by atoms with Gasteiger partial charge in [-0.25, -0.2) is 9.78 Å². The summed E-state index contributed by atoms with van der Waals surface area (Å²) in [5.74, 6) is 0.329. The van der Waals surface area contributed by atoms with Crippen LogP contribution in [-0.4, -0.2) is 40.2 Å². The summed E-state index contributed by atoms with van der Waals surface area (Å²) in [6, 6.07) is 7.35. The molecule has 1 amide bonds. The van der Waals surface area contributed by atoms with Gasteiger partial charge in [0.1, 0.15) is 17.0 Å². The Kier molecular flexibility index (Phi) is 7.47. The smallest absolute Gasteiger partial charge is 0.333 e. The molecule has 0 unspecified atom stereocenters. The van der Waals surface area contributed by atoms with Crippen molar-refractivity contribution < 1.29 is 9.53 Å². The van der Waals surface area contributed by atoms with Crippen molar-refractivity contribution in [3.63, 3.8) is 0 Å². The molecule has 0 saturated heterocycles. The Morgan fingerprint density at radius 3 is 2.69 bits per heavy atom. The zero-order chi connectivity index (χ0) is 23.3. The van der Waals surface area contributed by atoms with E-state index in [4.69, 9.17) is 4.74 Å². The van der Waals surface area contributed by atoms with E-state index in [1.165, 1.54) is 22.0 Å². The lowest BCUT2D eigenvalue weighted by Crippen LogP contribution is -2.42. The Bertz CT molecular complexity index is 1240. The molecule has 0 radical (unpaired) electrons. The van der Waals surface area contributed by atoms with Crippen molar-refractivity contribution in [2.75, 3.05) is 25.1 Å². The van der Waals surface area contributed by atoms with Crippen molar-refractivity contribution in [2.45, 2.75) is 33.5 Å². The van der Waals surface area contributed by atoms with Gasteiger partial charge in [0.2, 0.25) is 5.91 Å². The number of aromatic nitrogens is 3. The highest BCUT2D eigenvalue weighted by molar-refractivity contribution is 7.22. The van der Waals surface area contributed by atoms with Gasteiger partial charge >= 0.3 is 5.69 Å².